The van der Waals surface area contributed by atoms with E-state index >= 15 is 0 Å². The molecule has 26 heavy (non-hydrogen) atoms. The first kappa shape index (κ1) is 18.6. The minimum absolute atomic E-state index is 0. The smallest absolute Gasteiger partial charge is 0.221 e. The van der Waals surface area contributed by atoms with Crippen LogP contribution < -0.4 is 16.0 Å². The van der Waals surface area contributed by atoms with E-state index in [1.807, 2.05) is 30.5 Å². The number of carbonyl (C=O) groups is 1. The van der Waals surface area contributed by atoms with Gasteiger partial charge in [0.25, 0.3) is 0 Å². The molecule has 4 rings (SSSR count). The molecule has 1 saturated carbocycles. The zero-order valence-electron chi connectivity index (χ0n) is 14.7. The zero-order valence-corrected chi connectivity index (χ0v) is 15.6. The third-order valence-electron chi connectivity index (χ3n) is 5.16. The van der Waals surface area contributed by atoms with Crippen LogP contribution in [0.3, 0.4) is 0 Å². The molecule has 2 heterocycles. The van der Waals surface area contributed by atoms with Crippen LogP contribution in [0.4, 0.5) is 11.5 Å². The molecule has 1 aliphatic heterocycles. The quantitative estimate of drug-likeness (QED) is 0.768. The number of fused-ring (bicyclic) bond motifs is 1. The summed E-state index contributed by atoms with van der Waals surface area (Å²) < 4.78 is 0. The molecule has 2 unspecified atom stereocenters. The van der Waals surface area contributed by atoms with E-state index in [4.69, 9.17) is 0 Å². The minimum atomic E-state index is -0.0743. The third-order valence-corrected chi connectivity index (χ3v) is 5.16. The van der Waals surface area contributed by atoms with Crippen molar-refractivity contribution < 1.29 is 4.79 Å². The van der Waals surface area contributed by atoms with Crippen molar-refractivity contribution in [2.45, 2.75) is 25.8 Å². The Hall–Kier alpha value is -2.18. The molecule has 138 valence electrons. The van der Waals surface area contributed by atoms with Crippen LogP contribution in [-0.4, -0.2) is 35.0 Å². The fourth-order valence-electron chi connectivity index (χ4n) is 3.97. The topological polar surface area (TPSA) is 78.9 Å². The number of hydrogen-bond acceptors (Lipinski definition) is 5. The first-order chi connectivity index (χ1) is 12.2. The van der Waals surface area contributed by atoms with Crippen LogP contribution >= 0.6 is 12.4 Å². The molecule has 1 aromatic carbocycles. The summed E-state index contributed by atoms with van der Waals surface area (Å²) in [7, 11) is 0. The predicted octanol–water partition coefficient (Wildman–Crippen LogP) is 2.93. The number of benzene rings is 1. The van der Waals surface area contributed by atoms with Crippen molar-refractivity contribution in [3.05, 3.63) is 36.7 Å². The van der Waals surface area contributed by atoms with Gasteiger partial charge < -0.3 is 16.0 Å². The van der Waals surface area contributed by atoms with Gasteiger partial charge >= 0.3 is 0 Å². The SMILES string of the molecule is CC(=O)Nc1ccc(-c2cnc(NC3CC4CNCC4C3)cn2)cc1.Cl. The van der Waals surface area contributed by atoms with Crippen LogP contribution in [0.25, 0.3) is 11.3 Å². The van der Waals surface area contributed by atoms with Crippen molar-refractivity contribution >= 4 is 29.8 Å². The van der Waals surface area contributed by atoms with Crippen LogP contribution in [0.15, 0.2) is 36.7 Å². The molecule has 2 atom stereocenters. The summed E-state index contributed by atoms with van der Waals surface area (Å²) in [5, 5.41) is 9.76. The highest BCUT2D eigenvalue weighted by Crippen LogP contribution is 2.35. The Morgan fingerprint density at radius 3 is 2.35 bits per heavy atom. The first-order valence-electron chi connectivity index (χ1n) is 8.85. The van der Waals surface area contributed by atoms with Gasteiger partial charge in [0, 0.05) is 24.2 Å². The van der Waals surface area contributed by atoms with E-state index in [0.29, 0.717) is 6.04 Å². The maximum atomic E-state index is 11.1. The Labute approximate surface area is 159 Å². The van der Waals surface area contributed by atoms with Gasteiger partial charge in [-0.15, -0.1) is 12.4 Å². The third kappa shape index (κ3) is 4.14. The van der Waals surface area contributed by atoms with E-state index in [9.17, 15) is 4.79 Å². The van der Waals surface area contributed by atoms with E-state index in [0.717, 1.165) is 47.7 Å². The van der Waals surface area contributed by atoms with Gasteiger partial charge in [-0.2, -0.15) is 0 Å². The van der Waals surface area contributed by atoms with Gasteiger partial charge in [-0.05, 0) is 49.9 Å². The maximum Gasteiger partial charge on any atom is 0.221 e. The summed E-state index contributed by atoms with van der Waals surface area (Å²) >= 11 is 0. The summed E-state index contributed by atoms with van der Waals surface area (Å²) in [5.74, 6) is 2.39. The molecule has 1 aliphatic carbocycles. The number of anilines is 2. The highest BCUT2D eigenvalue weighted by atomic mass is 35.5. The second-order valence-corrected chi connectivity index (χ2v) is 7.04. The number of hydrogen-bond donors (Lipinski definition) is 3. The van der Waals surface area contributed by atoms with E-state index < -0.39 is 0 Å². The van der Waals surface area contributed by atoms with Gasteiger partial charge in [0.15, 0.2) is 0 Å². The van der Waals surface area contributed by atoms with Crippen LogP contribution in [-0.2, 0) is 4.79 Å². The molecule has 1 amide bonds. The predicted molar refractivity (Wildman–Crippen MR) is 106 cm³/mol. The molecular formula is C19H24ClN5O. The van der Waals surface area contributed by atoms with Gasteiger partial charge in [-0.3, -0.25) is 9.78 Å². The number of nitrogens with one attached hydrogen (secondary N) is 3. The zero-order chi connectivity index (χ0) is 17.2. The molecule has 2 aliphatic rings. The minimum Gasteiger partial charge on any atom is -0.366 e. The molecule has 7 heteroatoms. The summed E-state index contributed by atoms with van der Waals surface area (Å²) in [6, 6.07) is 8.13. The van der Waals surface area contributed by atoms with Crippen molar-refractivity contribution in [3.8, 4) is 11.3 Å². The summed E-state index contributed by atoms with van der Waals surface area (Å²) in [6.07, 6.45) is 6.04. The number of nitrogens with zero attached hydrogens (tertiary/aromatic N) is 2. The Kier molecular flexibility index (Phi) is 5.74. The highest BCUT2D eigenvalue weighted by Gasteiger charge is 2.37. The summed E-state index contributed by atoms with van der Waals surface area (Å²) in [5.41, 5.74) is 2.59. The van der Waals surface area contributed by atoms with Crippen molar-refractivity contribution in [1.82, 2.24) is 15.3 Å². The number of amides is 1. The molecule has 3 N–H and O–H groups in total. The lowest BCUT2D eigenvalue weighted by molar-refractivity contribution is -0.114. The van der Waals surface area contributed by atoms with Crippen molar-refractivity contribution in [2.75, 3.05) is 23.7 Å². The van der Waals surface area contributed by atoms with E-state index in [1.54, 1.807) is 6.20 Å². The molecular weight excluding hydrogens is 350 g/mol. The molecule has 1 saturated heterocycles. The van der Waals surface area contributed by atoms with Crippen molar-refractivity contribution in [3.63, 3.8) is 0 Å². The molecule has 1 aromatic heterocycles. The highest BCUT2D eigenvalue weighted by molar-refractivity contribution is 5.88. The number of carbonyl (C=O) groups excluding carboxylic acids is 1. The van der Waals surface area contributed by atoms with E-state index in [1.165, 1.54) is 19.8 Å². The average molecular weight is 374 g/mol. The lowest BCUT2D eigenvalue weighted by Crippen LogP contribution is -2.21. The lowest BCUT2D eigenvalue weighted by atomic mass is 10.0. The molecule has 2 aromatic rings. The van der Waals surface area contributed by atoms with Gasteiger partial charge in [0.2, 0.25) is 5.91 Å². The Morgan fingerprint density at radius 2 is 1.77 bits per heavy atom. The Morgan fingerprint density at radius 1 is 1.08 bits per heavy atom. The number of halogens is 1. The van der Waals surface area contributed by atoms with Crippen LogP contribution in [0.2, 0.25) is 0 Å². The van der Waals surface area contributed by atoms with Crippen molar-refractivity contribution in [2.24, 2.45) is 11.8 Å². The maximum absolute atomic E-state index is 11.1. The van der Waals surface area contributed by atoms with E-state index in [2.05, 4.69) is 25.9 Å². The second-order valence-electron chi connectivity index (χ2n) is 7.04. The van der Waals surface area contributed by atoms with Crippen LogP contribution in [0.1, 0.15) is 19.8 Å². The molecule has 0 spiro atoms. The van der Waals surface area contributed by atoms with Gasteiger partial charge in [0.05, 0.1) is 18.1 Å². The van der Waals surface area contributed by atoms with Gasteiger partial charge in [-0.25, -0.2) is 4.98 Å². The number of rotatable bonds is 4. The average Bonchev–Trinajstić information content (AvgIpc) is 3.17. The monoisotopic (exact) mass is 373 g/mol. The fourth-order valence-corrected chi connectivity index (χ4v) is 3.97. The molecule has 6 nitrogen and oxygen atoms in total. The summed E-state index contributed by atoms with van der Waals surface area (Å²) in [6.45, 7) is 3.81. The largest absolute Gasteiger partial charge is 0.366 e. The van der Waals surface area contributed by atoms with Crippen LogP contribution in [0.5, 0.6) is 0 Å². The second kappa shape index (κ2) is 8.01. The molecule has 2 fully saturated rings. The van der Waals surface area contributed by atoms with E-state index in [-0.39, 0.29) is 18.3 Å². The van der Waals surface area contributed by atoms with Crippen LogP contribution in [0, 0.1) is 11.8 Å². The normalized spacial score (nSPS) is 23.8. The summed E-state index contributed by atoms with van der Waals surface area (Å²) in [4.78, 5) is 20.1. The lowest BCUT2D eigenvalue weighted by Gasteiger charge is -2.14. The van der Waals surface area contributed by atoms with Crippen molar-refractivity contribution in [1.29, 1.82) is 0 Å². The van der Waals surface area contributed by atoms with Gasteiger partial charge in [0.1, 0.15) is 5.82 Å². The molecule has 0 radical (unpaired) electrons. The number of aromatic nitrogens is 2. The Bertz CT molecular complexity index is 738. The standard InChI is InChI=1S/C19H23N5O.ClH/c1-12(25)23-16-4-2-13(3-5-16)18-10-22-19(11-21-18)24-17-6-14-8-20-9-15(14)7-17;/h2-5,10-11,14-15,17,20H,6-9H2,1H3,(H,22,24)(H,23,25);1H. The van der Waals surface area contributed by atoms with Gasteiger partial charge in [-0.1, -0.05) is 12.1 Å². The fraction of sp³-hybridized carbons (Fsp3) is 0.421. The first-order valence-corrected chi connectivity index (χ1v) is 8.85. The molecule has 0 bridgehead atoms. The Balaban J connectivity index is 0.00000196.